The average Bonchev–Trinajstić information content (AvgIpc) is 3.41. The van der Waals surface area contributed by atoms with Crippen LogP contribution in [0.3, 0.4) is 0 Å². The Labute approximate surface area is 200 Å². The Bertz CT molecular complexity index is 1270. The van der Waals surface area contributed by atoms with Crippen LogP contribution in [0.2, 0.25) is 0 Å². The number of halogens is 2. The van der Waals surface area contributed by atoms with E-state index < -0.39 is 6.08 Å². The number of benzene rings is 1. The van der Waals surface area contributed by atoms with E-state index in [9.17, 15) is 9.50 Å². The van der Waals surface area contributed by atoms with Crippen LogP contribution in [0, 0.1) is 5.82 Å². The summed E-state index contributed by atoms with van der Waals surface area (Å²) in [5.41, 5.74) is 1.14. The number of anilines is 1. The highest BCUT2D eigenvalue weighted by Gasteiger charge is 2.19. The monoisotopic (exact) mass is 535 g/mol. The standard InChI is InChI=1S/C21H19BrFN5O4S/c1-3-31-16-9-17(33-19(16)20-27-21(29)32-28-20)14-8-18(26-10-25-14)24-5-4-12-13(23)6-11(22)7-15(12)30-2/h6-10H,3-5H2,1-2H3,(H,24,25,26)(H,27,28,29). The van der Waals surface area contributed by atoms with Gasteiger partial charge in [-0.1, -0.05) is 21.1 Å². The molecule has 0 bridgehead atoms. The van der Waals surface area contributed by atoms with E-state index in [1.165, 1.54) is 30.8 Å². The molecule has 3 aromatic heterocycles. The molecule has 0 aliphatic heterocycles. The van der Waals surface area contributed by atoms with Gasteiger partial charge in [-0.3, -0.25) is 4.52 Å². The van der Waals surface area contributed by atoms with Gasteiger partial charge in [-0.15, -0.1) is 11.3 Å². The van der Waals surface area contributed by atoms with Gasteiger partial charge >= 0.3 is 6.08 Å². The molecule has 33 heavy (non-hydrogen) atoms. The van der Waals surface area contributed by atoms with E-state index in [1.807, 2.05) is 13.0 Å². The fourth-order valence-electron chi connectivity index (χ4n) is 3.14. The minimum Gasteiger partial charge on any atom is -0.496 e. The zero-order chi connectivity index (χ0) is 23.4. The maximum Gasteiger partial charge on any atom is 0.415 e. The summed E-state index contributed by atoms with van der Waals surface area (Å²) in [6, 6.07) is 6.75. The highest BCUT2D eigenvalue weighted by molar-refractivity contribution is 9.10. The molecule has 0 aliphatic carbocycles. The minimum absolute atomic E-state index is 0.227. The second kappa shape index (κ2) is 10.1. The van der Waals surface area contributed by atoms with Crippen molar-refractivity contribution in [3.05, 3.63) is 46.4 Å². The van der Waals surface area contributed by atoms with Gasteiger partial charge in [-0.25, -0.2) is 14.4 Å². The molecule has 0 unspecified atom stereocenters. The van der Waals surface area contributed by atoms with Crippen LogP contribution in [-0.4, -0.2) is 45.5 Å². The molecule has 3 heterocycles. The van der Waals surface area contributed by atoms with E-state index in [-0.39, 0.29) is 11.6 Å². The SMILES string of the molecule is CCOc1cc(-c2cc(NCCc3c(F)cc(Br)cc3OC)ncn2)sc1-c1noc(O)n1. The number of hydrogen-bond donors (Lipinski definition) is 2. The zero-order valence-corrected chi connectivity index (χ0v) is 20.0. The topological polar surface area (TPSA) is 115 Å². The van der Waals surface area contributed by atoms with Gasteiger partial charge in [0.1, 0.15) is 34.3 Å². The van der Waals surface area contributed by atoms with Crippen LogP contribution in [0.5, 0.6) is 17.6 Å². The molecule has 0 fully saturated rings. The third kappa shape index (κ3) is 5.22. The van der Waals surface area contributed by atoms with Crippen LogP contribution in [0.4, 0.5) is 10.2 Å². The van der Waals surface area contributed by atoms with Gasteiger partial charge in [0.15, 0.2) is 0 Å². The highest BCUT2D eigenvalue weighted by atomic mass is 79.9. The van der Waals surface area contributed by atoms with E-state index in [0.717, 1.165) is 4.88 Å². The lowest BCUT2D eigenvalue weighted by atomic mass is 10.1. The van der Waals surface area contributed by atoms with Crippen LogP contribution in [0.15, 0.2) is 39.6 Å². The van der Waals surface area contributed by atoms with Crippen LogP contribution < -0.4 is 14.8 Å². The van der Waals surface area contributed by atoms with Crippen molar-refractivity contribution >= 4 is 33.1 Å². The molecule has 2 N–H and O–H groups in total. The van der Waals surface area contributed by atoms with Crippen LogP contribution in [-0.2, 0) is 6.42 Å². The molecule has 0 spiro atoms. The van der Waals surface area contributed by atoms with E-state index in [0.29, 0.717) is 57.5 Å². The number of nitrogens with zero attached hydrogens (tertiary/aromatic N) is 4. The lowest BCUT2D eigenvalue weighted by Gasteiger charge is -2.11. The molecule has 1 aromatic carbocycles. The number of thiophene rings is 1. The average molecular weight is 536 g/mol. The molecular formula is C21H19BrFN5O4S. The number of methoxy groups -OCH3 is 1. The van der Waals surface area contributed by atoms with E-state index >= 15 is 0 Å². The molecule has 172 valence electrons. The molecular weight excluding hydrogens is 517 g/mol. The normalized spacial score (nSPS) is 10.9. The van der Waals surface area contributed by atoms with Crippen LogP contribution >= 0.6 is 27.3 Å². The molecule has 9 nitrogen and oxygen atoms in total. The minimum atomic E-state index is -0.519. The summed E-state index contributed by atoms with van der Waals surface area (Å²) in [7, 11) is 1.51. The first-order valence-electron chi connectivity index (χ1n) is 9.86. The van der Waals surface area contributed by atoms with Crippen molar-refractivity contribution in [1.29, 1.82) is 0 Å². The van der Waals surface area contributed by atoms with Crippen molar-refractivity contribution in [2.45, 2.75) is 13.3 Å². The fourth-order valence-corrected chi connectivity index (χ4v) is 4.54. The van der Waals surface area contributed by atoms with Crippen molar-refractivity contribution in [3.8, 4) is 38.8 Å². The fraction of sp³-hybridized carbons (Fsp3) is 0.238. The van der Waals surface area contributed by atoms with E-state index in [1.54, 1.807) is 12.1 Å². The molecule has 4 aromatic rings. The number of aromatic nitrogens is 4. The lowest BCUT2D eigenvalue weighted by molar-refractivity contribution is 0.267. The quantitative estimate of drug-likeness (QED) is 0.307. The van der Waals surface area contributed by atoms with Gasteiger partial charge in [-0.2, -0.15) is 4.98 Å². The van der Waals surface area contributed by atoms with Gasteiger partial charge in [0.05, 0.1) is 24.3 Å². The van der Waals surface area contributed by atoms with Crippen LogP contribution in [0.1, 0.15) is 12.5 Å². The van der Waals surface area contributed by atoms with Crippen molar-refractivity contribution in [3.63, 3.8) is 0 Å². The summed E-state index contributed by atoms with van der Waals surface area (Å²) in [5, 5.41) is 16.3. The van der Waals surface area contributed by atoms with Gasteiger partial charge in [0, 0.05) is 28.7 Å². The Kier molecular flexibility index (Phi) is 7.04. The summed E-state index contributed by atoms with van der Waals surface area (Å²) >= 11 is 4.62. The first kappa shape index (κ1) is 22.9. The smallest absolute Gasteiger partial charge is 0.415 e. The summed E-state index contributed by atoms with van der Waals surface area (Å²) in [4.78, 5) is 13.9. The predicted molar refractivity (Wildman–Crippen MR) is 124 cm³/mol. The number of hydrogen-bond acceptors (Lipinski definition) is 10. The van der Waals surface area contributed by atoms with Gasteiger partial charge in [0.2, 0.25) is 5.82 Å². The summed E-state index contributed by atoms with van der Waals surface area (Å²) in [5.74, 6) is 1.51. The molecule has 0 radical (unpaired) electrons. The molecule has 0 saturated carbocycles. The zero-order valence-electron chi connectivity index (χ0n) is 17.6. The Morgan fingerprint density at radius 1 is 1.21 bits per heavy atom. The van der Waals surface area contributed by atoms with Crippen molar-refractivity contribution in [2.75, 3.05) is 25.6 Å². The Balaban J connectivity index is 1.52. The summed E-state index contributed by atoms with van der Waals surface area (Å²) < 4.78 is 30.6. The summed E-state index contributed by atoms with van der Waals surface area (Å²) in [6.45, 7) is 2.75. The first-order chi connectivity index (χ1) is 16.0. The Hall–Kier alpha value is -3.25. The molecule has 0 aliphatic rings. The van der Waals surface area contributed by atoms with E-state index in [4.69, 9.17) is 9.47 Å². The van der Waals surface area contributed by atoms with Gasteiger partial charge < -0.3 is 19.9 Å². The number of nitrogens with one attached hydrogen (secondary N) is 1. The first-order valence-corrected chi connectivity index (χ1v) is 11.5. The van der Waals surface area contributed by atoms with Crippen molar-refractivity contribution in [2.24, 2.45) is 0 Å². The highest BCUT2D eigenvalue weighted by Crippen LogP contribution is 2.42. The molecule has 4 rings (SSSR count). The third-order valence-electron chi connectivity index (χ3n) is 4.56. The largest absolute Gasteiger partial charge is 0.496 e. The summed E-state index contributed by atoms with van der Waals surface area (Å²) in [6.07, 6.45) is 1.33. The van der Waals surface area contributed by atoms with Crippen LogP contribution in [0.25, 0.3) is 21.3 Å². The van der Waals surface area contributed by atoms with E-state index in [2.05, 4.69) is 45.9 Å². The lowest BCUT2D eigenvalue weighted by Crippen LogP contribution is -2.09. The van der Waals surface area contributed by atoms with Crippen molar-refractivity contribution < 1.29 is 23.5 Å². The molecule has 0 saturated heterocycles. The van der Waals surface area contributed by atoms with Gasteiger partial charge in [-0.05, 0) is 25.5 Å². The third-order valence-corrected chi connectivity index (χ3v) is 6.15. The molecule has 0 atom stereocenters. The predicted octanol–water partition coefficient (Wildman–Crippen LogP) is 4.92. The number of aromatic hydroxyl groups is 1. The number of rotatable bonds is 9. The number of ether oxygens (including phenoxy) is 2. The molecule has 0 amide bonds. The maximum absolute atomic E-state index is 14.3. The maximum atomic E-state index is 14.3. The Morgan fingerprint density at radius 2 is 2.06 bits per heavy atom. The second-order valence-electron chi connectivity index (χ2n) is 6.67. The Morgan fingerprint density at radius 3 is 2.79 bits per heavy atom. The van der Waals surface area contributed by atoms with Crippen molar-refractivity contribution in [1.82, 2.24) is 20.1 Å². The molecule has 12 heteroatoms. The van der Waals surface area contributed by atoms with Gasteiger partial charge in [0.25, 0.3) is 0 Å². The second-order valence-corrected chi connectivity index (χ2v) is 8.64.